The highest BCUT2D eigenvalue weighted by molar-refractivity contribution is 6.03. The van der Waals surface area contributed by atoms with Gasteiger partial charge in [0.1, 0.15) is 0 Å². The van der Waals surface area contributed by atoms with Gasteiger partial charge in [-0.1, -0.05) is 31.5 Å². The van der Waals surface area contributed by atoms with Crippen LogP contribution in [0.3, 0.4) is 0 Å². The zero-order valence-electron chi connectivity index (χ0n) is 14.9. The van der Waals surface area contributed by atoms with E-state index in [0.29, 0.717) is 17.1 Å². The minimum atomic E-state index is -0.985. The van der Waals surface area contributed by atoms with Crippen molar-refractivity contribution in [2.75, 3.05) is 7.11 Å². The molecule has 5 heteroatoms. The zero-order valence-corrected chi connectivity index (χ0v) is 14.9. The second-order valence-electron chi connectivity index (χ2n) is 5.81. The Morgan fingerprint density at radius 2 is 1.96 bits per heavy atom. The minimum absolute atomic E-state index is 0.212. The number of aryl methyl sites for hydroxylation is 1. The van der Waals surface area contributed by atoms with Crippen LogP contribution in [0.5, 0.6) is 11.5 Å². The number of benzene rings is 2. The highest BCUT2D eigenvalue weighted by Gasteiger charge is 2.18. The molecule has 0 fully saturated rings. The van der Waals surface area contributed by atoms with Gasteiger partial charge in [-0.3, -0.25) is 4.79 Å². The van der Waals surface area contributed by atoms with Crippen LogP contribution in [0, 0.1) is 0 Å². The average Bonchev–Trinajstić information content (AvgIpc) is 2.56. The van der Waals surface area contributed by atoms with Crippen LogP contribution in [-0.2, 0) is 16.0 Å². The maximum atomic E-state index is 11.6. The molecule has 0 radical (unpaired) electrons. The number of hydrogen-bond acceptors (Lipinski definition) is 4. The number of esters is 1. The number of aliphatic carboxylic acids is 1. The lowest BCUT2D eigenvalue weighted by Crippen LogP contribution is -2.05. The van der Waals surface area contributed by atoms with E-state index in [9.17, 15) is 14.7 Å². The van der Waals surface area contributed by atoms with E-state index in [0.717, 1.165) is 29.2 Å². The van der Waals surface area contributed by atoms with E-state index in [1.165, 1.54) is 21.0 Å². The van der Waals surface area contributed by atoms with Crippen LogP contribution in [0.15, 0.2) is 29.8 Å². The molecular weight excluding hydrogens is 320 g/mol. The van der Waals surface area contributed by atoms with Crippen molar-refractivity contribution in [2.24, 2.45) is 0 Å². The summed E-state index contributed by atoms with van der Waals surface area (Å²) in [5, 5.41) is 10.8. The summed E-state index contributed by atoms with van der Waals surface area (Å²) in [5.74, 6) is -0.647. The van der Waals surface area contributed by atoms with Gasteiger partial charge in [-0.2, -0.15) is 0 Å². The minimum Gasteiger partial charge on any atom is -0.493 e. The summed E-state index contributed by atoms with van der Waals surface area (Å²) in [6, 6.07) is 7.49. The monoisotopic (exact) mass is 342 g/mol. The molecule has 0 spiro atoms. The summed E-state index contributed by atoms with van der Waals surface area (Å²) in [4.78, 5) is 22.8. The zero-order chi connectivity index (χ0) is 18.6. The second-order valence-corrected chi connectivity index (χ2v) is 5.81. The van der Waals surface area contributed by atoms with E-state index < -0.39 is 11.9 Å². The third-order valence-electron chi connectivity index (χ3n) is 3.89. The van der Waals surface area contributed by atoms with E-state index in [4.69, 9.17) is 9.47 Å². The summed E-state index contributed by atoms with van der Waals surface area (Å²) >= 11 is 0. The first-order chi connectivity index (χ1) is 11.9. The van der Waals surface area contributed by atoms with Gasteiger partial charge >= 0.3 is 11.9 Å². The molecule has 0 atom stereocenters. The van der Waals surface area contributed by atoms with Crippen molar-refractivity contribution >= 4 is 28.8 Å². The summed E-state index contributed by atoms with van der Waals surface area (Å²) in [6.45, 7) is 4.95. The van der Waals surface area contributed by atoms with Crippen molar-refractivity contribution in [3.05, 3.63) is 41.0 Å². The van der Waals surface area contributed by atoms with E-state index in [1.807, 2.05) is 18.2 Å². The van der Waals surface area contributed by atoms with Gasteiger partial charge in [0.05, 0.1) is 7.11 Å². The highest BCUT2D eigenvalue weighted by atomic mass is 16.6. The van der Waals surface area contributed by atoms with Crippen LogP contribution >= 0.6 is 0 Å². The average molecular weight is 342 g/mol. The molecule has 25 heavy (non-hydrogen) atoms. The molecule has 2 aromatic carbocycles. The summed E-state index contributed by atoms with van der Waals surface area (Å²) in [7, 11) is 1.49. The van der Waals surface area contributed by atoms with Crippen molar-refractivity contribution in [3.63, 3.8) is 0 Å². The predicted octanol–water partition coefficient (Wildman–Crippen LogP) is 4.21. The van der Waals surface area contributed by atoms with Crippen LogP contribution in [-0.4, -0.2) is 24.2 Å². The van der Waals surface area contributed by atoms with E-state index in [-0.39, 0.29) is 5.57 Å². The van der Waals surface area contributed by atoms with Crippen LogP contribution in [0.4, 0.5) is 0 Å². The SMILES string of the molecule is CCCc1cccc2c(/C=C(\C)C(=O)O)cc(OC)c(OC(C)=O)c12. The first-order valence-corrected chi connectivity index (χ1v) is 8.11. The second kappa shape index (κ2) is 7.83. The molecule has 0 aliphatic rings. The molecule has 0 saturated heterocycles. The number of fused-ring (bicyclic) bond motifs is 1. The maximum Gasteiger partial charge on any atom is 0.331 e. The predicted molar refractivity (Wildman–Crippen MR) is 97.1 cm³/mol. The topological polar surface area (TPSA) is 72.8 Å². The van der Waals surface area contributed by atoms with E-state index >= 15 is 0 Å². The Kier molecular flexibility index (Phi) is 5.80. The number of carboxylic acids is 1. The molecule has 0 aliphatic heterocycles. The molecule has 1 N–H and O–H groups in total. The number of methoxy groups -OCH3 is 1. The van der Waals surface area contributed by atoms with Gasteiger partial charge in [0.2, 0.25) is 0 Å². The van der Waals surface area contributed by atoms with Crippen LogP contribution in [0.2, 0.25) is 0 Å². The summed E-state index contributed by atoms with van der Waals surface area (Å²) in [5.41, 5.74) is 1.95. The third-order valence-corrected chi connectivity index (χ3v) is 3.89. The first kappa shape index (κ1) is 18.5. The fraction of sp³-hybridized carbons (Fsp3) is 0.300. The number of carboxylic acid groups (broad SMARTS) is 1. The molecule has 0 aromatic heterocycles. The van der Waals surface area contributed by atoms with Crippen LogP contribution < -0.4 is 9.47 Å². The van der Waals surface area contributed by atoms with Gasteiger partial charge < -0.3 is 14.6 Å². The van der Waals surface area contributed by atoms with Crippen molar-refractivity contribution in [2.45, 2.75) is 33.6 Å². The molecule has 2 rings (SSSR count). The summed E-state index contributed by atoms with van der Waals surface area (Å²) in [6.07, 6.45) is 3.33. The Balaban J connectivity index is 2.89. The summed E-state index contributed by atoms with van der Waals surface area (Å²) < 4.78 is 10.9. The molecule has 0 amide bonds. The molecule has 132 valence electrons. The van der Waals surface area contributed by atoms with Crippen LogP contribution in [0.1, 0.15) is 38.3 Å². The maximum absolute atomic E-state index is 11.6. The van der Waals surface area contributed by atoms with Gasteiger partial charge in [0, 0.05) is 17.9 Å². The Hall–Kier alpha value is -2.82. The Morgan fingerprint density at radius 3 is 2.52 bits per heavy atom. The van der Waals surface area contributed by atoms with Gasteiger partial charge in [-0.25, -0.2) is 4.79 Å². The number of carbonyl (C=O) groups excluding carboxylic acids is 1. The normalized spacial score (nSPS) is 11.4. The van der Waals surface area contributed by atoms with E-state index in [2.05, 4.69) is 6.92 Å². The van der Waals surface area contributed by atoms with Gasteiger partial charge in [-0.05, 0) is 42.0 Å². The highest BCUT2D eigenvalue weighted by Crippen LogP contribution is 2.41. The van der Waals surface area contributed by atoms with Crippen molar-refractivity contribution in [1.82, 2.24) is 0 Å². The molecule has 2 aromatic rings. The Bertz CT molecular complexity index is 849. The molecule has 0 bridgehead atoms. The van der Waals surface area contributed by atoms with Crippen molar-refractivity contribution in [1.29, 1.82) is 0 Å². The number of carbonyl (C=O) groups is 2. The quantitative estimate of drug-likeness (QED) is 0.483. The molecule has 0 unspecified atom stereocenters. The number of ether oxygens (including phenoxy) is 2. The Morgan fingerprint density at radius 1 is 1.24 bits per heavy atom. The van der Waals surface area contributed by atoms with Gasteiger partial charge in [-0.15, -0.1) is 0 Å². The smallest absolute Gasteiger partial charge is 0.331 e. The Labute approximate surface area is 146 Å². The molecule has 0 aliphatic carbocycles. The lowest BCUT2D eigenvalue weighted by Gasteiger charge is -2.16. The fourth-order valence-corrected chi connectivity index (χ4v) is 2.81. The standard InChI is InChI=1S/C20H22O5/c1-5-7-14-8-6-9-16-15(10-12(2)20(22)23)11-17(24-4)19(18(14)16)25-13(3)21/h6,8-11H,5,7H2,1-4H3,(H,22,23)/b12-10+. The molecule has 5 nitrogen and oxygen atoms in total. The van der Waals surface area contributed by atoms with Crippen LogP contribution in [0.25, 0.3) is 16.8 Å². The molecular formula is C20H22O5. The van der Waals surface area contributed by atoms with Crippen molar-refractivity contribution in [3.8, 4) is 11.5 Å². The number of rotatable bonds is 6. The lowest BCUT2D eigenvalue weighted by atomic mass is 9.95. The van der Waals surface area contributed by atoms with Gasteiger partial charge in [0.25, 0.3) is 0 Å². The van der Waals surface area contributed by atoms with Crippen molar-refractivity contribution < 1.29 is 24.2 Å². The number of hydrogen-bond donors (Lipinski definition) is 1. The largest absolute Gasteiger partial charge is 0.493 e. The van der Waals surface area contributed by atoms with Gasteiger partial charge in [0.15, 0.2) is 11.5 Å². The molecule has 0 saturated carbocycles. The fourth-order valence-electron chi connectivity index (χ4n) is 2.81. The first-order valence-electron chi connectivity index (χ1n) is 8.11. The van der Waals surface area contributed by atoms with E-state index in [1.54, 1.807) is 12.1 Å². The molecule has 0 heterocycles. The lowest BCUT2D eigenvalue weighted by molar-refractivity contribution is -0.133. The third kappa shape index (κ3) is 3.99.